The highest BCUT2D eigenvalue weighted by atomic mass is 35.5. The molecule has 1 aromatic carbocycles. The van der Waals surface area contributed by atoms with Gasteiger partial charge in [-0.2, -0.15) is 4.98 Å². The number of carbonyl (C=O) groups is 1. The Balaban J connectivity index is 1.68. The molecule has 0 saturated carbocycles. The van der Waals surface area contributed by atoms with Gasteiger partial charge in [0.1, 0.15) is 11.6 Å². The van der Waals surface area contributed by atoms with Crippen molar-refractivity contribution in [3.63, 3.8) is 0 Å². The molecule has 0 aliphatic carbocycles. The number of carbonyl (C=O) groups excluding carboxylic acids is 1. The van der Waals surface area contributed by atoms with Crippen LogP contribution >= 0.6 is 11.6 Å². The maximum absolute atomic E-state index is 13.0. The van der Waals surface area contributed by atoms with Gasteiger partial charge in [0.2, 0.25) is 5.88 Å². The molecule has 0 amide bonds. The van der Waals surface area contributed by atoms with Crippen molar-refractivity contribution in [2.75, 3.05) is 31.2 Å². The van der Waals surface area contributed by atoms with Gasteiger partial charge in [0.05, 0.1) is 18.2 Å². The van der Waals surface area contributed by atoms with Gasteiger partial charge in [-0.15, -0.1) is 0 Å². The molecule has 2 aromatic rings. The number of hydrogen-bond acceptors (Lipinski definition) is 5. The van der Waals surface area contributed by atoms with Crippen LogP contribution in [0.2, 0.25) is 5.02 Å². The summed E-state index contributed by atoms with van der Waals surface area (Å²) in [7, 11) is 0. The molecule has 0 unspecified atom stereocenters. The van der Waals surface area contributed by atoms with E-state index in [2.05, 4.69) is 16.8 Å². The van der Waals surface area contributed by atoms with Crippen LogP contribution in [0.1, 0.15) is 5.56 Å². The molecular weight excluding hydrogens is 347 g/mol. The molecule has 7 heteroatoms. The van der Waals surface area contributed by atoms with E-state index in [-0.39, 0.29) is 10.9 Å². The molecule has 0 atom stereocenters. The summed E-state index contributed by atoms with van der Waals surface area (Å²) in [5.74, 6) is 4.51. The van der Waals surface area contributed by atoms with Crippen molar-refractivity contribution in [1.82, 2.24) is 4.98 Å². The summed E-state index contributed by atoms with van der Waals surface area (Å²) < 4.78 is 23.4. The number of ether oxygens (including phenoxy) is 2. The first kappa shape index (κ1) is 17.2. The molecule has 0 radical (unpaired) electrons. The second-order valence-electron chi connectivity index (χ2n) is 5.20. The number of aromatic nitrogens is 1. The third kappa shape index (κ3) is 4.69. The molecule has 2 heterocycles. The number of halogens is 2. The molecule has 0 bridgehead atoms. The topological polar surface area (TPSA) is 51.7 Å². The second kappa shape index (κ2) is 7.97. The zero-order chi connectivity index (χ0) is 17.6. The summed E-state index contributed by atoms with van der Waals surface area (Å²) >= 11 is 5.86. The lowest BCUT2D eigenvalue weighted by Crippen LogP contribution is -2.36. The smallest absolute Gasteiger partial charge is 0.391 e. The first-order valence-electron chi connectivity index (χ1n) is 7.60. The van der Waals surface area contributed by atoms with Crippen molar-refractivity contribution in [2.45, 2.75) is 0 Å². The highest BCUT2D eigenvalue weighted by Crippen LogP contribution is 2.18. The van der Waals surface area contributed by atoms with E-state index in [1.807, 2.05) is 11.0 Å². The van der Waals surface area contributed by atoms with Gasteiger partial charge in [-0.25, -0.2) is 9.18 Å². The Morgan fingerprint density at radius 3 is 2.84 bits per heavy atom. The lowest BCUT2D eigenvalue weighted by molar-refractivity contribution is -0.128. The number of benzene rings is 1. The molecule has 1 aliphatic heterocycles. The molecular formula is C18H14ClFN2O3. The van der Waals surface area contributed by atoms with Crippen molar-refractivity contribution in [2.24, 2.45) is 0 Å². The van der Waals surface area contributed by atoms with Gasteiger partial charge in [-0.1, -0.05) is 23.6 Å². The Bertz CT molecular complexity index is 842. The normalized spacial score (nSPS) is 13.8. The minimum Gasteiger partial charge on any atom is -0.398 e. The Morgan fingerprint density at radius 1 is 1.28 bits per heavy atom. The van der Waals surface area contributed by atoms with E-state index < -0.39 is 11.8 Å². The fourth-order valence-corrected chi connectivity index (χ4v) is 2.47. The Hall–Kier alpha value is -2.62. The summed E-state index contributed by atoms with van der Waals surface area (Å²) in [4.78, 5) is 18.2. The van der Waals surface area contributed by atoms with Crippen molar-refractivity contribution < 1.29 is 18.7 Å². The molecule has 0 spiro atoms. The van der Waals surface area contributed by atoms with Crippen LogP contribution in [0, 0.1) is 17.7 Å². The van der Waals surface area contributed by atoms with E-state index in [0.717, 1.165) is 19.2 Å². The maximum Gasteiger partial charge on any atom is 0.391 e. The third-order valence-electron chi connectivity index (χ3n) is 3.47. The van der Waals surface area contributed by atoms with Gasteiger partial charge in [0, 0.05) is 30.6 Å². The van der Waals surface area contributed by atoms with Crippen LogP contribution in [0.15, 0.2) is 36.4 Å². The van der Waals surface area contributed by atoms with Gasteiger partial charge < -0.3 is 14.4 Å². The number of anilines is 1. The van der Waals surface area contributed by atoms with E-state index >= 15 is 0 Å². The van der Waals surface area contributed by atoms with Gasteiger partial charge in [-0.3, -0.25) is 0 Å². The summed E-state index contributed by atoms with van der Waals surface area (Å²) in [6.45, 7) is 2.73. The average Bonchev–Trinajstić information content (AvgIpc) is 2.62. The highest BCUT2D eigenvalue weighted by Gasteiger charge is 2.13. The number of esters is 1. The van der Waals surface area contributed by atoms with E-state index in [0.29, 0.717) is 24.6 Å². The zero-order valence-corrected chi connectivity index (χ0v) is 13.9. The van der Waals surface area contributed by atoms with Crippen molar-refractivity contribution in [3.8, 4) is 17.7 Å². The number of rotatable bonds is 2. The fraction of sp³-hybridized carbons (Fsp3) is 0.222. The van der Waals surface area contributed by atoms with Crippen LogP contribution in [-0.4, -0.2) is 37.3 Å². The van der Waals surface area contributed by atoms with Crippen molar-refractivity contribution in [1.29, 1.82) is 0 Å². The van der Waals surface area contributed by atoms with Crippen molar-refractivity contribution in [3.05, 3.63) is 52.8 Å². The predicted octanol–water partition coefficient (Wildman–Crippen LogP) is 2.67. The molecule has 1 saturated heterocycles. The highest BCUT2D eigenvalue weighted by molar-refractivity contribution is 6.31. The van der Waals surface area contributed by atoms with Gasteiger partial charge in [0.15, 0.2) is 0 Å². The molecule has 1 aromatic heterocycles. The van der Waals surface area contributed by atoms with Crippen LogP contribution in [0.4, 0.5) is 10.2 Å². The lowest BCUT2D eigenvalue weighted by atomic mass is 10.2. The Kier molecular flexibility index (Phi) is 5.49. The zero-order valence-electron chi connectivity index (χ0n) is 13.2. The molecule has 5 nitrogen and oxygen atoms in total. The molecule has 0 N–H and O–H groups in total. The van der Waals surface area contributed by atoms with Gasteiger partial charge >= 0.3 is 5.97 Å². The average molecular weight is 361 g/mol. The number of pyridine rings is 1. The van der Waals surface area contributed by atoms with Gasteiger partial charge in [-0.05, 0) is 24.3 Å². The minimum absolute atomic E-state index is 0.132. The monoisotopic (exact) mass is 360 g/mol. The second-order valence-corrected chi connectivity index (χ2v) is 5.60. The number of hydrogen-bond donors (Lipinski definition) is 0. The largest absolute Gasteiger partial charge is 0.398 e. The van der Waals surface area contributed by atoms with Crippen LogP contribution in [0.5, 0.6) is 5.88 Å². The van der Waals surface area contributed by atoms with Crippen LogP contribution in [0.3, 0.4) is 0 Å². The quantitative estimate of drug-likeness (QED) is 0.609. The Labute approximate surface area is 149 Å². The molecule has 3 rings (SSSR count). The predicted molar refractivity (Wildman–Crippen MR) is 91.2 cm³/mol. The molecule has 128 valence electrons. The van der Waals surface area contributed by atoms with Crippen LogP contribution < -0.4 is 9.64 Å². The summed E-state index contributed by atoms with van der Waals surface area (Å²) in [5.41, 5.74) is 0.343. The fourth-order valence-electron chi connectivity index (χ4n) is 2.26. The van der Waals surface area contributed by atoms with Gasteiger partial charge in [0.25, 0.3) is 0 Å². The Morgan fingerprint density at radius 2 is 2.08 bits per heavy atom. The summed E-state index contributed by atoms with van der Waals surface area (Å²) in [5, 5.41) is 0.132. The first-order chi connectivity index (χ1) is 12.1. The summed E-state index contributed by atoms with van der Waals surface area (Å²) in [6, 6.07) is 8.92. The number of nitrogens with zero attached hydrogens (tertiary/aromatic N) is 2. The van der Waals surface area contributed by atoms with E-state index in [1.165, 1.54) is 12.1 Å². The minimum atomic E-state index is -0.771. The first-order valence-corrected chi connectivity index (χ1v) is 7.98. The molecule has 1 fully saturated rings. The third-order valence-corrected chi connectivity index (χ3v) is 3.78. The standard InChI is InChI=1S/C18H14ClFN2O3/c19-15-12-14(20)6-4-13(15)5-7-18(23)25-17-3-1-2-16(21-17)22-8-10-24-11-9-22/h1-4,6,12H,8-11H2. The van der Waals surface area contributed by atoms with E-state index in [4.69, 9.17) is 21.1 Å². The molecule has 1 aliphatic rings. The van der Waals surface area contributed by atoms with Crippen LogP contribution in [-0.2, 0) is 9.53 Å². The maximum atomic E-state index is 13.0. The number of morpholine rings is 1. The lowest BCUT2D eigenvalue weighted by Gasteiger charge is -2.27. The van der Waals surface area contributed by atoms with E-state index in [1.54, 1.807) is 12.1 Å². The SMILES string of the molecule is O=C(C#Cc1ccc(F)cc1Cl)Oc1cccc(N2CCOCC2)n1. The van der Waals surface area contributed by atoms with Crippen LogP contribution in [0.25, 0.3) is 0 Å². The van der Waals surface area contributed by atoms with E-state index in [9.17, 15) is 9.18 Å². The summed E-state index contributed by atoms with van der Waals surface area (Å²) in [6.07, 6.45) is 0. The molecule has 25 heavy (non-hydrogen) atoms. The van der Waals surface area contributed by atoms with Crippen molar-refractivity contribution >= 4 is 23.4 Å².